The Morgan fingerprint density at radius 1 is 1.00 bits per heavy atom. The van der Waals surface area contributed by atoms with Crippen LogP contribution in [-0.2, 0) is 6.18 Å². The maximum absolute atomic E-state index is 12.7. The maximum atomic E-state index is 12.7. The summed E-state index contributed by atoms with van der Waals surface area (Å²) in [5.74, 6) is -2.32. The van der Waals surface area contributed by atoms with Gasteiger partial charge in [0.05, 0.1) is 0 Å². The van der Waals surface area contributed by atoms with Gasteiger partial charge < -0.3 is 10.6 Å². The first-order valence-corrected chi connectivity index (χ1v) is 7.24. The smallest absolute Gasteiger partial charge is 0.354 e. The summed E-state index contributed by atoms with van der Waals surface area (Å²) >= 11 is 0. The van der Waals surface area contributed by atoms with Gasteiger partial charge in [-0.2, -0.15) is 41.3 Å². The molecule has 2 N–H and O–H groups in total. The van der Waals surface area contributed by atoms with Gasteiger partial charge in [-0.3, -0.25) is 0 Å². The van der Waals surface area contributed by atoms with E-state index in [1.54, 1.807) is 6.92 Å². The monoisotopic (exact) mass is 381 g/mol. The number of nitrogens with zero attached hydrogens (tertiary/aromatic N) is 5. The molecule has 2 aromatic heterocycles. The normalized spacial score (nSPS) is 13.4. The SMILES string of the molecule is CCNc1nc(N[C@H](C)C(F)(F)F)nc(-c2ccnc(C(F)(F)F)n2)n1. The first-order chi connectivity index (χ1) is 12.0. The van der Waals surface area contributed by atoms with Gasteiger partial charge in [0.15, 0.2) is 5.82 Å². The molecule has 2 aromatic rings. The Morgan fingerprint density at radius 2 is 1.65 bits per heavy atom. The second kappa shape index (κ2) is 7.25. The molecular weight excluding hydrogens is 368 g/mol. The maximum Gasteiger partial charge on any atom is 0.451 e. The summed E-state index contributed by atoms with van der Waals surface area (Å²) in [7, 11) is 0. The Hall–Kier alpha value is -2.73. The van der Waals surface area contributed by atoms with Crippen LogP contribution in [0.25, 0.3) is 11.5 Å². The topological polar surface area (TPSA) is 88.5 Å². The minimum atomic E-state index is -4.79. The lowest BCUT2D eigenvalue weighted by atomic mass is 10.3. The van der Waals surface area contributed by atoms with E-state index < -0.39 is 30.2 Å². The summed E-state index contributed by atoms with van der Waals surface area (Å²) in [5, 5.41) is 4.71. The molecule has 0 aromatic carbocycles. The van der Waals surface area contributed by atoms with Crippen LogP contribution >= 0.6 is 0 Å². The van der Waals surface area contributed by atoms with Gasteiger partial charge >= 0.3 is 12.4 Å². The molecule has 7 nitrogen and oxygen atoms in total. The number of nitrogens with one attached hydrogen (secondary N) is 2. The number of hydrogen-bond donors (Lipinski definition) is 2. The molecule has 0 fully saturated rings. The van der Waals surface area contributed by atoms with Gasteiger partial charge in [-0.15, -0.1) is 0 Å². The van der Waals surface area contributed by atoms with Gasteiger partial charge in [-0.1, -0.05) is 0 Å². The minimum Gasteiger partial charge on any atom is -0.354 e. The molecular formula is C13H13F6N7. The summed E-state index contributed by atoms with van der Waals surface area (Å²) in [6.45, 7) is 2.86. The molecule has 0 spiro atoms. The highest BCUT2D eigenvalue weighted by molar-refractivity contribution is 5.53. The van der Waals surface area contributed by atoms with Crippen molar-refractivity contribution in [3.8, 4) is 11.5 Å². The molecule has 26 heavy (non-hydrogen) atoms. The first-order valence-electron chi connectivity index (χ1n) is 7.24. The van der Waals surface area contributed by atoms with Crippen molar-refractivity contribution in [3.05, 3.63) is 18.1 Å². The van der Waals surface area contributed by atoms with Crippen molar-refractivity contribution in [2.24, 2.45) is 0 Å². The lowest BCUT2D eigenvalue weighted by Gasteiger charge is -2.17. The molecule has 1 atom stereocenters. The number of anilines is 2. The van der Waals surface area contributed by atoms with E-state index in [2.05, 4.69) is 30.2 Å². The summed E-state index contributed by atoms with van der Waals surface area (Å²) in [4.78, 5) is 17.8. The predicted octanol–water partition coefficient (Wildman–Crippen LogP) is 3.14. The van der Waals surface area contributed by atoms with E-state index in [9.17, 15) is 26.3 Å². The first kappa shape index (κ1) is 19.6. The zero-order valence-electron chi connectivity index (χ0n) is 13.4. The fourth-order valence-electron chi connectivity index (χ4n) is 1.69. The molecule has 2 rings (SSSR count). The van der Waals surface area contributed by atoms with Gasteiger partial charge in [-0.05, 0) is 19.9 Å². The third kappa shape index (κ3) is 4.89. The molecule has 0 aliphatic carbocycles. The fourth-order valence-corrected chi connectivity index (χ4v) is 1.69. The van der Waals surface area contributed by atoms with Crippen molar-refractivity contribution < 1.29 is 26.3 Å². The Labute approximate surface area is 143 Å². The lowest BCUT2D eigenvalue weighted by molar-refractivity contribution is -0.145. The highest BCUT2D eigenvalue weighted by atomic mass is 19.4. The molecule has 0 unspecified atom stereocenters. The number of aromatic nitrogens is 5. The summed E-state index contributed by atoms with van der Waals surface area (Å²) in [6.07, 6.45) is -8.50. The van der Waals surface area contributed by atoms with Crippen LogP contribution in [0.2, 0.25) is 0 Å². The third-order valence-corrected chi connectivity index (χ3v) is 2.95. The number of rotatable bonds is 5. The Kier molecular flexibility index (Phi) is 5.47. The second-order valence-corrected chi connectivity index (χ2v) is 5.01. The molecule has 0 aliphatic heterocycles. The van der Waals surface area contributed by atoms with Crippen molar-refractivity contribution >= 4 is 11.9 Å². The van der Waals surface area contributed by atoms with E-state index in [0.29, 0.717) is 6.54 Å². The molecule has 13 heteroatoms. The van der Waals surface area contributed by atoms with Crippen LogP contribution in [0, 0.1) is 0 Å². The minimum absolute atomic E-state index is 0.110. The lowest BCUT2D eigenvalue weighted by Crippen LogP contribution is -2.34. The third-order valence-electron chi connectivity index (χ3n) is 2.95. The van der Waals surface area contributed by atoms with Crippen LogP contribution in [-0.4, -0.2) is 43.7 Å². The Morgan fingerprint density at radius 3 is 2.23 bits per heavy atom. The van der Waals surface area contributed by atoms with E-state index in [0.717, 1.165) is 19.2 Å². The molecule has 0 bridgehead atoms. The quantitative estimate of drug-likeness (QED) is 0.770. The van der Waals surface area contributed by atoms with E-state index in [1.165, 1.54) is 0 Å². The number of alkyl halides is 6. The number of halogens is 6. The molecule has 0 saturated carbocycles. The highest BCUT2D eigenvalue weighted by Gasteiger charge is 2.37. The molecule has 2 heterocycles. The fraction of sp³-hybridized carbons (Fsp3) is 0.462. The van der Waals surface area contributed by atoms with Gasteiger partial charge in [-0.25, -0.2) is 9.97 Å². The van der Waals surface area contributed by atoms with Gasteiger partial charge in [0.1, 0.15) is 11.7 Å². The largest absolute Gasteiger partial charge is 0.451 e. The average molecular weight is 381 g/mol. The van der Waals surface area contributed by atoms with Crippen LogP contribution in [0.5, 0.6) is 0 Å². The van der Waals surface area contributed by atoms with Crippen LogP contribution in [0.1, 0.15) is 19.7 Å². The van der Waals surface area contributed by atoms with Gasteiger partial charge in [0.2, 0.25) is 17.7 Å². The standard InChI is InChI=1S/C13H13F6N7/c1-3-20-10-24-8(7-4-5-21-9(23-7)13(17,18)19)25-11(26-10)22-6(2)12(14,15)16/h4-6H,3H2,1-2H3,(H2,20,22,24,25,26)/t6-/m1/s1. The van der Waals surface area contributed by atoms with E-state index in [-0.39, 0.29) is 17.5 Å². The molecule has 0 radical (unpaired) electrons. The molecule has 0 amide bonds. The molecule has 142 valence electrons. The predicted molar refractivity (Wildman–Crippen MR) is 79.2 cm³/mol. The zero-order valence-corrected chi connectivity index (χ0v) is 13.4. The van der Waals surface area contributed by atoms with E-state index >= 15 is 0 Å². The molecule has 0 saturated heterocycles. The van der Waals surface area contributed by atoms with Crippen LogP contribution in [0.15, 0.2) is 12.3 Å². The highest BCUT2D eigenvalue weighted by Crippen LogP contribution is 2.27. The van der Waals surface area contributed by atoms with Crippen LogP contribution in [0.3, 0.4) is 0 Å². The molecule has 0 aliphatic rings. The summed E-state index contributed by atoms with van der Waals surface area (Å²) in [6, 6.07) is -0.875. The van der Waals surface area contributed by atoms with Crippen molar-refractivity contribution in [3.63, 3.8) is 0 Å². The van der Waals surface area contributed by atoms with Gasteiger partial charge in [0.25, 0.3) is 0 Å². The van der Waals surface area contributed by atoms with E-state index in [4.69, 9.17) is 0 Å². The second-order valence-electron chi connectivity index (χ2n) is 5.01. The average Bonchev–Trinajstić information content (AvgIpc) is 2.53. The Bertz CT molecular complexity index is 761. The van der Waals surface area contributed by atoms with Crippen molar-refractivity contribution in [1.29, 1.82) is 0 Å². The zero-order chi connectivity index (χ0) is 19.5. The van der Waals surface area contributed by atoms with Gasteiger partial charge in [0, 0.05) is 12.7 Å². The summed E-state index contributed by atoms with van der Waals surface area (Å²) < 4.78 is 76.3. The van der Waals surface area contributed by atoms with Crippen LogP contribution < -0.4 is 10.6 Å². The van der Waals surface area contributed by atoms with E-state index in [1.807, 2.05) is 5.32 Å². The summed E-state index contributed by atoms with van der Waals surface area (Å²) in [5.41, 5.74) is -0.309. The van der Waals surface area contributed by atoms with Crippen molar-refractivity contribution in [2.75, 3.05) is 17.2 Å². The Balaban J connectivity index is 2.45. The van der Waals surface area contributed by atoms with Crippen molar-refractivity contribution in [1.82, 2.24) is 24.9 Å². The van der Waals surface area contributed by atoms with Crippen molar-refractivity contribution in [2.45, 2.75) is 32.2 Å². The number of hydrogen-bond acceptors (Lipinski definition) is 7. The van der Waals surface area contributed by atoms with Crippen LogP contribution in [0.4, 0.5) is 38.2 Å².